The molecule has 16 heavy (non-hydrogen) atoms. The van der Waals surface area contributed by atoms with Crippen molar-refractivity contribution in [3.8, 4) is 0 Å². The Labute approximate surface area is 121 Å². The third-order valence-corrected chi connectivity index (χ3v) is 2.83. The smallest absolute Gasteiger partial charge is 0.549 e. The molecular formula is C10H16Li2O4. The monoisotopic (exact) mass is 214 g/mol. The van der Waals surface area contributed by atoms with E-state index in [0.717, 1.165) is 0 Å². The summed E-state index contributed by atoms with van der Waals surface area (Å²) in [6.45, 7) is 5.09. The first kappa shape index (κ1) is 21.4. The van der Waals surface area contributed by atoms with Crippen LogP contribution < -0.4 is 47.9 Å². The van der Waals surface area contributed by atoms with Crippen molar-refractivity contribution in [3.63, 3.8) is 0 Å². The van der Waals surface area contributed by atoms with Crippen LogP contribution in [-0.4, -0.2) is 11.9 Å². The topological polar surface area (TPSA) is 80.3 Å². The molecule has 0 aromatic rings. The van der Waals surface area contributed by atoms with Gasteiger partial charge < -0.3 is 19.8 Å². The molecule has 0 N–H and O–H groups in total. The fourth-order valence-electron chi connectivity index (χ4n) is 1.68. The van der Waals surface area contributed by atoms with Crippen LogP contribution in [0.25, 0.3) is 0 Å². The fraction of sp³-hybridized carbons (Fsp3) is 0.800. The van der Waals surface area contributed by atoms with E-state index in [1.165, 1.54) is 0 Å². The number of carbonyl (C=O) groups is 2. The maximum atomic E-state index is 10.9. The van der Waals surface area contributed by atoms with E-state index in [1.54, 1.807) is 20.8 Å². The molecule has 1 unspecified atom stereocenters. The van der Waals surface area contributed by atoms with Gasteiger partial charge in [-0.15, -0.1) is 0 Å². The fourth-order valence-corrected chi connectivity index (χ4v) is 1.68. The molecule has 0 radical (unpaired) electrons. The van der Waals surface area contributed by atoms with Crippen LogP contribution in [0.1, 0.15) is 40.0 Å². The minimum atomic E-state index is -1.83. The van der Waals surface area contributed by atoms with Crippen LogP contribution in [-0.2, 0) is 9.59 Å². The molecule has 0 saturated heterocycles. The standard InChI is InChI=1S/C10H18O4.2Li/c1-4-6-10(8(11)12,9(13)14)7(3)5-2;;/h7H,4-6H2,1-3H3,(H,11,12)(H,13,14);;/q;2*+1/p-2. The van der Waals surface area contributed by atoms with Gasteiger partial charge in [0.05, 0.1) is 17.4 Å². The van der Waals surface area contributed by atoms with Crippen LogP contribution >= 0.6 is 0 Å². The number of carboxylic acids is 2. The molecule has 0 aliphatic rings. The summed E-state index contributed by atoms with van der Waals surface area (Å²) in [5, 5.41) is 21.8. The normalized spacial score (nSPS) is 11.9. The molecule has 0 aliphatic carbocycles. The average Bonchev–Trinajstić information content (AvgIpc) is 2.11. The van der Waals surface area contributed by atoms with E-state index in [0.29, 0.717) is 12.8 Å². The molecule has 0 aromatic heterocycles. The van der Waals surface area contributed by atoms with Crippen LogP contribution in [0.3, 0.4) is 0 Å². The van der Waals surface area contributed by atoms with Crippen molar-refractivity contribution < 1.29 is 57.5 Å². The minimum absolute atomic E-state index is 0. The van der Waals surface area contributed by atoms with Gasteiger partial charge in [0.2, 0.25) is 0 Å². The molecule has 1 atom stereocenters. The largest absolute Gasteiger partial charge is 1.00 e. The Bertz CT molecular complexity index is 217. The van der Waals surface area contributed by atoms with Gasteiger partial charge >= 0.3 is 37.7 Å². The van der Waals surface area contributed by atoms with Gasteiger partial charge in [0.15, 0.2) is 0 Å². The second-order valence-corrected chi connectivity index (χ2v) is 3.61. The van der Waals surface area contributed by atoms with Crippen molar-refractivity contribution >= 4 is 11.9 Å². The Morgan fingerprint density at radius 1 is 1.12 bits per heavy atom. The molecule has 0 aliphatic heterocycles. The van der Waals surface area contributed by atoms with E-state index >= 15 is 0 Å². The van der Waals surface area contributed by atoms with Crippen LogP contribution in [0.2, 0.25) is 0 Å². The van der Waals surface area contributed by atoms with Crippen molar-refractivity contribution in [1.82, 2.24) is 0 Å². The first-order valence-corrected chi connectivity index (χ1v) is 4.86. The molecule has 0 rings (SSSR count). The molecule has 6 heteroatoms. The Balaban J connectivity index is -0.000000845. The van der Waals surface area contributed by atoms with Crippen molar-refractivity contribution in [2.45, 2.75) is 40.0 Å². The zero-order valence-corrected chi connectivity index (χ0v) is 10.8. The van der Waals surface area contributed by atoms with Crippen molar-refractivity contribution in [3.05, 3.63) is 0 Å². The average molecular weight is 214 g/mol. The zero-order valence-electron chi connectivity index (χ0n) is 10.8. The summed E-state index contributed by atoms with van der Waals surface area (Å²) in [5.41, 5.74) is -1.83. The van der Waals surface area contributed by atoms with Crippen LogP contribution in [0, 0.1) is 11.3 Å². The molecule has 0 spiro atoms. The van der Waals surface area contributed by atoms with E-state index < -0.39 is 23.3 Å². The summed E-state index contributed by atoms with van der Waals surface area (Å²) in [6.07, 6.45) is 1.01. The molecule has 0 saturated carbocycles. The van der Waals surface area contributed by atoms with E-state index in [4.69, 9.17) is 0 Å². The Morgan fingerprint density at radius 3 is 1.69 bits per heavy atom. The quantitative estimate of drug-likeness (QED) is 0.325. The van der Waals surface area contributed by atoms with Crippen molar-refractivity contribution in [2.75, 3.05) is 0 Å². The number of hydrogen-bond acceptors (Lipinski definition) is 4. The number of hydrogen-bond donors (Lipinski definition) is 0. The predicted octanol–water partition coefficient (Wildman–Crippen LogP) is -6.67. The van der Waals surface area contributed by atoms with Gasteiger partial charge in [0.25, 0.3) is 0 Å². The number of carboxylic acid groups (broad SMARTS) is 2. The third kappa shape index (κ3) is 4.19. The van der Waals surface area contributed by atoms with E-state index in [2.05, 4.69) is 0 Å². The summed E-state index contributed by atoms with van der Waals surface area (Å²) in [6, 6.07) is 0. The summed E-state index contributed by atoms with van der Waals surface area (Å²) in [4.78, 5) is 21.8. The van der Waals surface area contributed by atoms with E-state index in [9.17, 15) is 19.8 Å². The maximum Gasteiger partial charge on any atom is 1.00 e. The molecule has 82 valence electrons. The van der Waals surface area contributed by atoms with Crippen molar-refractivity contribution in [1.29, 1.82) is 0 Å². The molecule has 0 bridgehead atoms. The Kier molecular flexibility index (Phi) is 12.3. The molecule has 0 fully saturated rings. The zero-order chi connectivity index (χ0) is 11.4. The van der Waals surface area contributed by atoms with Crippen molar-refractivity contribution in [2.24, 2.45) is 11.3 Å². The Morgan fingerprint density at radius 2 is 1.50 bits per heavy atom. The van der Waals surface area contributed by atoms with Gasteiger partial charge in [-0.25, -0.2) is 0 Å². The Hall–Kier alpha value is 0.135. The van der Waals surface area contributed by atoms with Gasteiger partial charge in [-0.3, -0.25) is 0 Å². The number of aliphatic carboxylic acids is 2. The van der Waals surface area contributed by atoms with Crippen LogP contribution in [0.5, 0.6) is 0 Å². The van der Waals surface area contributed by atoms with Gasteiger partial charge in [0.1, 0.15) is 0 Å². The SMILES string of the molecule is CCCC(C(=O)[O-])(C(=O)[O-])C(C)CC.[Li+].[Li+]. The molecule has 4 nitrogen and oxygen atoms in total. The van der Waals surface area contributed by atoms with Gasteiger partial charge in [-0.1, -0.05) is 33.6 Å². The minimum Gasteiger partial charge on any atom is -0.549 e. The first-order chi connectivity index (χ1) is 6.43. The van der Waals surface area contributed by atoms with Gasteiger partial charge in [-0.2, -0.15) is 0 Å². The molecule has 0 aromatic carbocycles. The van der Waals surface area contributed by atoms with Gasteiger partial charge in [0, 0.05) is 0 Å². The second-order valence-electron chi connectivity index (χ2n) is 3.61. The summed E-state index contributed by atoms with van der Waals surface area (Å²) in [7, 11) is 0. The third-order valence-electron chi connectivity index (χ3n) is 2.83. The summed E-state index contributed by atoms with van der Waals surface area (Å²) >= 11 is 0. The van der Waals surface area contributed by atoms with Crippen LogP contribution in [0.15, 0.2) is 0 Å². The molecular weight excluding hydrogens is 198 g/mol. The summed E-state index contributed by atoms with van der Waals surface area (Å²) < 4.78 is 0. The summed E-state index contributed by atoms with van der Waals surface area (Å²) in [5.74, 6) is -3.54. The molecule has 0 heterocycles. The van der Waals surface area contributed by atoms with Crippen LogP contribution in [0.4, 0.5) is 0 Å². The number of carbonyl (C=O) groups excluding carboxylic acids is 2. The number of rotatable bonds is 6. The second kappa shape index (κ2) is 9.19. The molecule has 0 amide bonds. The predicted molar refractivity (Wildman–Crippen MR) is 46.8 cm³/mol. The van der Waals surface area contributed by atoms with E-state index in [1.807, 2.05) is 0 Å². The van der Waals surface area contributed by atoms with E-state index in [-0.39, 0.29) is 44.1 Å². The maximum absolute atomic E-state index is 10.9. The first-order valence-electron chi connectivity index (χ1n) is 4.86. The van der Waals surface area contributed by atoms with Gasteiger partial charge in [-0.05, 0) is 12.3 Å².